The standard InChI is InChI=1S/C13H13NO/c1-11(15)9-14-8-7-13(10-14)12-5-3-2-4-6-12/h2-8,10H,9H2,1H3. The molecule has 2 heteroatoms. The van der Waals surface area contributed by atoms with Gasteiger partial charge >= 0.3 is 0 Å². The van der Waals surface area contributed by atoms with Gasteiger partial charge in [-0.05, 0) is 24.1 Å². The number of carbonyl (C=O) groups excluding carboxylic acids is 1. The molecule has 0 amide bonds. The van der Waals surface area contributed by atoms with Gasteiger partial charge in [0.15, 0.2) is 0 Å². The smallest absolute Gasteiger partial charge is 0.149 e. The summed E-state index contributed by atoms with van der Waals surface area (Å²) in [7, 11) is 0. The highest BCUT2D eigenvalue weighted by atomic mass is 16.1. The molecule has 0 N–H and O–H groups in total. The number of benzene rings is 1. The Labute approximate surface area is 89.2 Å². The van der Waals surface area contributed by atoms with Crippen LogP contribution in [0, 0.1) is 0 Å². The molecule has 0 saturated carbocycles. The largest absolute Gasteiger partial charge is 0.346 e. The minimum absolute atomic E-state index is 0.171. The lowest BCUT2D eigenvalue weighted by atomic mass is 10.1. The van der Waals surface area contributed by atoms with Crippen molar-refractivity contribution in [1.82, 2.24) is 4.57 Å². The van der Waals surface area contributed by atoms with Crippen molar-refractivity contribution < 1.29 is 4.79 Å². The van der Waals surface area contributed by atoms with E-state index in [1.165, 1.54) is 5.56 Å². The Balaban J connectivity index is 2.24. The van der Waals surface area contributed by atoms with Gasteiger partial charge in [0.25, 0.3) is 0 Å². The zero-order valence-electron chi connectivity index (χ0n) is 8.68. The van der Waals surface area contributed by atoms with E-state index in [4.69, 9.17) is 0 Å². The zero-order chi connectivity index (χ0) is 10.7. The summed E-state index contributed by atoms with van der Waals surface area (Å²) in [5.41, 5.74) is 2.33. The molecule has 1 aromatic carbocycles. The van der Waals surface area contributed by atoms with Gasteiger partial charge in [0.1, 0.15) is 5.78 Å². The van der Waals surface area contributed by atoms with Crippen molar-refractivity contribution in [2.75, 3.05) is 0 Å². The monoisotopic (exact) mass is 199 g/mol. The van der Waals surface area contributed by atoms with Crippen molar-refractivity contribution in [3.8, 4) is 11.1 Å². The molecule has 0 aliphatic heterocycles. The average Bonchev–Trinajstić information content (AvgIpc) is 2.67. The fourth-order valence-electron chi connectivity index (χ4n) is 1.60. The Morgan fingerprint density at radius 2 is 1.87 bits per heavy atom. The van der Waals surface area contributed by atoms with Crippen LogP contribution in [0.25, 0.3) is 11.1 Å². The molecular weight excluding hydrogens is 186 g/mol. The summed E-state index contributed by atoms with van der Waals surface area (Å²) in [6.07, 6.45) is 3.93. The summed E-state index contributed by atoms with van der Waals surface area (Å²) in [5, 5.41) is 0. The van der Waals surface area contributed by atoms with E-state index in [9.17, 15) is 4.79 Å². The molecule has 0 fully saturated rings. The zero-order valence-corrected chi connectivity index (χ0v) is 8.68. The van der Waals surface area contributed by atoms with E-state index in [-0.39, 0.29) is 5.78 Å². The van der Waals surface area contributed by atoms with Crippen molar-refractivity contribution >= 4 is 5.78 Å². The second-order valence-corrected chi connectivity index (χ2v) is 3.64. The van der Waals surface area contributed by atoms with Gasteiger partial charge in [-0.3, -0.25) is 4.79 Å². The summed E-state index contributed by atoms with van der Waals surface area (Å²) in [5.74, 6) is 0.171. The van der Waals surface area contributed by atoms with Crippen LogP contribution in [-0.4, -0.2) is 10.4 Å². The number of aromatic nitrogens is 1. The molecule has 1 heterocycles. The normalized spacial score (nSPS) is 10.2. The molecule has 2 nitrogen and oxygen atoms in total. The quantitative estimate of drug-likeness (QED) is 0.745. The molecule has 2 aromatic rings. The summed E-state index contributed by atoms with van der Waals surface area (Å²) in [4.78, 5) is 10.9. The van der Waals surface area contributed by atoms with E-state index in [2.05, 4.69) is 12.1 Å². The van der Waals surface area contributed by atoms with Crippen LogP contribution in [0.4, 0.5) is 0 Å². The molecule has 0 aliphatic carbocycles. The van der Waals surface area contributed by atoms with Crippen LogP contribution in [0.1, 0.15) is 6.92 Å². The molecule has 0 bridgehead atoms. The van der Waals surface area contributed by atoms with Crippen molar-refractivity contribution in [3.63, 3.8) is 0 Å². The second kappa shape index (κ2) is 4.13. The van der Waals surface area contributed by atoms with Crippen molar-refractivity contribution in [3.05, 3.63) is 48.8 Å². The molecular formula is C13H13NO. The van der Waals surface area contributed by atoms with Crippen LogP contribution in [0.15, 0.2) is 48.8 Å². The third-order valence-electron chi connectivity index (χ3n) is 2.26. The Morgan fingerprint density at radius 3 is 2.53 bits per heavy atom. The first kappa shape index (κ1) is 9.71. The maximum atomic E-state index is 10.9. The average molecular weight is 199 g/mol. The third-order valence-corrected chi connectivity index (χ3v) is 2.26. The fraction of sp³-hybridized carbons (Fsp3) is 0.154. The van der Waals surface area contributed by atoms with Crippen LogP contribution in [0.2, 0.25) is 0 Å². The fourth-order valence-corrected chi connectivity index (χ4v) is 1.60. The SMILES string of the molecule is CC(=O)Cn1ccc(-c2ccccc2)c1. The topological polar surface area (TPSA) is 22.0 Å². The summed E-state index contributed by atoms with van der Waals surface area (Å²) >= 11 is 0. The summed E-state index contributed by atoms with van der Waals surface area (Å²) in [6.45, 7) is 2.05. The van der Waals surface area contributed by atoms with E-state index in [1.807, 2.05) is 41.2 Å². The van der Waals surface area contributed by atoms with Gasteiger partial charge in [0.05, 0.1) is 6.54 Å². The van der Waals surface area contributed by atoms with Gasteiger partial charge in [-0.15, -0.1) is 0 Å². The lowest BCUT2D eigenvalue weighted by Crippen LogP contribution is -2.02. The first-order valence-electron chi connectivity index (χ1n) is 4.96. The lowest BCUT2D eigenvalue weighted by Gasteiger charge is -1.98. The molecule has 15 heavy (non-hydrogen) atoms. The van der Waals surface area contributed by atoms with Gasteiger partial charge in [0.2, 0.25) is 0 Å². The third kappa shape index (κ3) is 2.34. The number of carbonyl (C=O) groups is 1. The van der Waals surface area contributed by atoms with E-state index in [0.29, 0.717) is 6.54 Å². The van der Waals surface area contributed by atoms with Crippen molar-refractivity contribution in [2.45, 2.75) is 13.5 Å². The highest BCUT2D eigenvalue weighted by Gasteiger charge is 2.00. The van der Waals surface area contributed by atoms with E-state index < -0.39 is 0 Å². The number of Topliss-reactive ketones (excluding diaryl/α,β-unsaturated/α-hetero) is 1. The van der Waals surface area contributed by atoms with E-state index in [0.717, 1.165) is 5.56 Å². The number of hydrogen-bond donors (Lipinski definition) is 0. The van der Waals surface area contributed by atoms with Crippen LogP contribution in [-0.2, 0) is 11.3 Å². The van der Waals surface area contributed by atoms with Crippen LogP contribution < -0.4 is 0 Å². The molecule has 0 saturated heterocycles. The second-order valence-electron chi connectivity index (χ2n) is 3.64. The Morgan fingerprint density at radius 1 is 1.13 bits per heavy atom. The molecule has 0 unspecified atom stereocenters. The van der Waals surface area contributed by atoms with Gasteiger partial charge in [-0.2, -0.15) is 0 Å². The predicted molar refractivity (Wildman–Crippen MR) is 60.5 cm³/mol. The van der Waals surface area contributed by atoms with E-state index >= 15 is 0 Å². The molecule has 0 spiro atoms. The van der Waals surface area contributed by atoms with Crippen molar-refractivity contribution in [2.24, 2.45) is 0 Å². The van der Waals surface area contributed by atoms with Crippen LogP contribution in [0.5, 0.6) is 0 Å². The van der Waals surface area contributed by atoms with E-state index in [1.54, 1.807) is 6.92 Å². The molecule has 0 radical (unpaired) electrons. The minimum atomic E-state index is 0.171. The predicted octanol–water partition coefficient (Wildman–Crippen LogP) is 2.74. The number of rotatable bonds is 3. The van der Waals surface area contributed by atoms with Gasteiger partial charge < -0.3 is 4.57 Å². The van der Waals surface area contributed by atoms with Crippen LogP contribution >= 0.6 is 0 Å². The maximum Gasteiger partial charge on any atom is 0.149 e. The lowest BCUT2D eigenvalue weighted by molar-refractivity contribution is -0.117. The van der Waals surface area contributed by atoms with Gasteiger partial charge in [0, 0.05) is 12.4 Å². The van der Waals surface area contributed by atoms with Crippen molar-refractivity contribution in [1.29, 1.82) is 0 Å². The Hall–Kier alpha value is -1.83. The molecule has 1 aromatic heterocycles. The van der Waals surface area contributed by atoms with Crippen LogP contribution in [0.3, 0.4) is 0 Å². The Bertz CT molecular complexity index is 456. The first-order valence-corrected chi connectivity index (χ1v) is 4.96. The summed E-state index contributed by atoms with van der Waals surface area (Å²) in [6, 6.07) is 12.2. The van der Waals surface area contributed by atoms with Gasteiger partial charge in [-0.1, -0.05) is 30.3 Å². The van der Waals surface area contributed by atoms with Gasteiger partial charge in [-0.25, -0.2) is 0 Å². The maximum absolute atomic E-state index is 10.9. The molecule has 2 rings (SSSR count). The molecule has 0 aliphatic rings. The Kier molecular flexibility index (Phi) is 2.68. The number of ketones is 1. The highest BCUT2D eigenvalue weighted by Crippen LogP contribution is 2.18. The number of hydrogen-bond acceptors (Lipinski definition) is 1. The summed E-state index contributed by atoms with van der Waals surface area (Å²) < 4.78 is 1.91. The highest BCUT2D eigenvalue weighted by molar-refractivity contribution is 5.75. The minimum Gasteiger partial charge on any atom is -0.346 e. The molecule has 0 atom stereocenters. The number of nitrogens with zero attached hydrogens (tertiary/aromatic N) is 1. The molecule has 76 valence electrons. The first-order chi connectivity index (χ1) is 7.25.